The SMILES string of the molecule is COc1c(C)cc(C(Br)C(F)(F)C(F)F)cc1C. The molecule has 0 saturated heterocycles. The third-order valence-electron chi connectivity index (χ3n) is 2.61. The van der Waals surface area contributed by atoms with E-state index in [1.54, 1.807) is 13.8 Å². The van der Waals surface area contributed by atoms with E-state index in [1.807, 2.05) is 0 Å². The van der Waals surface area contributed by atoms with Gasteiger partial charge in [0.1, 0.15) is 10.6 Å². The Morgan fingerprint density at radius 3 is 1.94 bits per heavy atom. The molecule has 1 atom stereocenters. The summed E-state index contributed by atoms with van der Waals surface area (Å²) in [6.45, 7) is 3.35. The zero-order chi connectivity index (χ0) is 14.1. The number of ether oxygens (including phenoxy) is 1. The van der Waals surface area contributed by atoms with E-state index in [0.29, 0.717) is 16.9 Å². The highest BCUT2D eigenvalue weighted by Gasteiger charge is 2.48. The molecule has 1 unspecified atom stereocenters. The summed E-state index contributed by atoms with van der Waals surface area (Å²) in [6.07, 6.45) is -3.72. The number of aryl methyl sites for hydroxylation is 2. The zero-order valence-electron chi connectivity index (χ0n) is 10.1. The predicted molar refractivity (Wildman–Crippen MR) is 65.1 cm³/mol. The van der Waals surface area contributed by atoms with Gasteiger partial charge in [0.25, 0.3) is 0 Å². The molecule has 0 spiro atoms. The summed E-state index contributed by atoms with van der Waals surface area (Å²) in [6, 6.07) is 2.84. The number of methoxy groups -OCH3 is 1. The maximum atomic E-state index is 13.2. The first-order valence-electron chi connectivity index (χ1n) is 5.17. The Kier molecular flexibility index (Phi) is 4.64. The van der Waals surface area contributed by atoms with Crippen LogP contribution in [-0.4, -0.2) is 19.5 Å². The number of benzene rings is 1. The van der Waals surface area contributed by atoms with Crippen molar-refractivity contribution >= 4 is 15.9 Å². The van der Waals surface area contributed by atoms with Crippen LogP contribution in [0.15, 0.2) is 12.1 Å². The standard InChI is InChI=1S/C12H13BrF4O/c1-6-4-8(5-7(2)9(6)18-3)10(13)12(16,17)11(14)15/h4-5,10-11H,1-3H3. The van der Waals surface area contributed by atoms with E-state index in [-0.39, 0.29) is 5.56 Å². The van der Waals surface area contributed by atoms with Crippen molar-refractivity contribution in [1.82, 2.24) is 0 Å². The molecule has 102 valence electrons. The molecular weight excluding hydrogens is 316 g/mol. The summed E-state index contributed by atoms with van der Waals surface area (Å²) in [5.74, 6) is -3.55. The quantitative estimate of drug-likeness (QED) is 0.577. The summed E-state index contributed by atoms with van der Waals surface area (Å²) in [5.41, 5.74) is 1.36. The summed E-state index contributed by atoms with van der Waals surface area (Å²) >= 11 is 2.65. The molecule has 0 aliphatic rings. The molecule has 0 radical (unpaired) electrons. The van der Waals surface area contributed by atoms with Gasteiger partial charge in [0.2, 0.25) is 0 Å². The maximum absolute atomic E-state index is 13.2. The topological polar surface area (TPSA) is 9.23 Å². The first kappa shape index (κ1) is 15.3. The van der Waals surface area contributed by atoms with Crippen molar-refractivity contribution in [3.63, 3.8) is 0 Å². The van der Waals surface area contributed by atoms with Gasteiger partial charge in [-0.2, -0.15) is 8.78 Å². The monoisotopic (exact) mass is 328 g/mol. The Balaban J connectivity index is 3.19. The predicted octanol–water partition coefficient (Wildman–Crippen LogP) is 4.65. The normalized spacial score (nSPS) is 13.8. The van der Waals surface area contributed by atoms with Crippen molar-refractivity contribution in [2.24, 2.45) is 0 Å². The van der Waals surface area contributed by atoms with Crippen LogP contribution in [0.25, 0.3) is 0 Å². The lowest BCUT2D eigenvalue weighted by Crippen LogP contribution is -2.31. The van der Waals surface area contributed by atoms with Crippen LogP contribution in [0.5, 0.6) is 5.75 Å². The number of alkyl halides is 5. The van der Waals surface area contributed by atoms with Crippen LogP contribution in [0, 0.1) is 13.8 Å². The second kappa shape index (κ2) is 5.47. The fourth-order valence-electron chi connectivity index (χ4n) is 1.78. The van der Waals surface area contributed by atoms with E-state index in [1.165, 1.54) is 19.2 Å². The maximum Gasteiger partial charge on any atom is 0.323 e. The van der Waals surface area contributed by atoms with E-state index >= 15 is 0 Å². The number of halogens is 5. The van der Waals surface area contributed by atoms with Crippen molar-refractivity contribution in [1.29, 1.82) is 0 Å². The largest absolute Gasteiger partial charge is 0.496 e. The third-order valence-corrected chi connectivity index (χ3v) is 3.75. The van der Waals surface area contributed by atoms with Crippen molar-refractivity contribution < 1.29 is 22.3 Å². The number of rotatable bonds is 4. The van der Waals surface area contributed by atoms with E-state index in [9.17, 15) is 17.6 Å². The van der Waals surface area contributed by atoms with Gasteiger partial charge in [-0.05, 0) is 30.5 Å². The van der Waals surface area contributed by atoms with Crippen LogP contribution < -0.4 is 4.74 Å². The molecule has 0 aromatic heterocycles. The minimum atomic E-state index is -4.12. The average Bonchev–Trinajstić information content (AvgIpc) is 2.27. The third kappa shape index (κ3) is 2.79. The lowest BCUT2D eigenvalue weighted by Gasteiger charge is -2.23. The molecule has 6 heteroatoms. The highest BCUT2D eigenvalue weighted by atomic mass is 79.9. The minimum absolute atomic E-state index is 0.108. The van der Waals surface area contributed by atoms with Crippen LogP contribution in [0.2, 0.25) is 0 Å². The van der Waals surface area contributed by atoms with Gasteiger partial charge in [0, 0.05) is 0 Å². The molecule has 0 fully saturated rings. The zero-order valence-corrected chi connectivity index (χ0v) is 11.7. The van der Waals surface area contributed by atoms with Crippen LogP contribution in [-0.2, 0) is 0 Å². The Morgan fingerprint density at radius 1 is 1.17 bits per heavy atom. The van der Waals surface area contributed by atoms with Gasteiger partial charge in [-0.3, -0.25) is 0 Å². The van der Waals surface area contributed by atoms with Gasteiger partial charge in [0.15, 0.2) is 0 Å². The Labute approximate surface area is 111 Å². The van der Waals surface area contributed by atoms with Crippen molar-refractivity contribution in [2.75, 3.05) is 7.11 Å². The van der Waals surface area contributed by atoms with Crippen molar-refractivity contribution in [3.05, 3.63) is 28.8 Å². The first-order valence-corrected chi connectivity index (χ1v) is 6.08. The molecule has 0 bridgehead atoms. The van der Waals surface area contributed by atoms with Gasteiger partial charge in [-0.1, -0.05) is 28.1 Å². The Bertz CT molecular complexity index is 411. The Hall–Kier alpha value is -0.780. The number of hydrogen-bond donors (Lipinski definition) is 0. The van der Waals surface area contributed by atoms with E-state index in [0.717, 1.165) is 0 Å². The molecule has 0 aliphatic heterocycles. The summed E-state index contributed by atoms with van der Waals surface area (Å²) in [5, 5.41) is 0. The van der Waals surface area contributed by atoms with Crippen LogP contribution >= 0.6 is 15.9 Å². The molecule has 1 rings (SSSR count). The van der Waals surface area contributed by atoms with E-state index in [4.69, 9.17) is 4.74 Å². The molecule has 0 heterocycles. The molecular formula is C12H13BrF4O. The number of hydrogen-bond acceptors (Lipinski definition) is 1. The second-order valence-corrected chi connectivity index (χ2v) is 4.94. The molecule has 0 N–H and O–H groups in total. The van der Waals surface area contributed by atoms with Gasteiger partial charge in [0.05, 0.1) is 7.11 Å². The van der Waals surface area contributed by atoms with E-state index in [2.05, 4.69) is 15.9 Å². The molecule has 0 amide bonds. The molecule has 18 heavy (non-hydrogen) atoms. The van der Waals surface area contributed by atoms with Crippen LogP contribution in [0.3, 0.4) is 0 Å². The van der Waals surface area contributed by atoms with Crippen molar-refractivity contribution in [2.45, 2.75) is 31.0 Å². The first-order chi connectivity index (χ1) is 8.21. The van der Waals surface area contributed by atoms with Gasteiger partial charge >= 0.3 is 12.3 Å². The summed E-state index contributed by atoms with van der Waals surface area (Å²) in [4.78, 5) is -1.73. The second-order valence-electron chi connectivity index (χ2n) is 4.03. The van der Waals surface area contributed by atoms with Gasteiger partial charge < -0.3 is 4.74 Å². The van der Waals surface area contributed by atoms with Crippen LogP contribution in [0.4, 0.5) is 17.6 Å². The smallest absolute Gasteiger partial charge is 0.323 e. The highest BCUT2D eigenvalue weighted by molar-refractivity contribution is 9.09. The van der Waals surface area contributed by atoms with E-state index < -0.39 is 17.2 Å². The van der Waals surface area contributed by atoms with Gasteiger partial charge in [-0.25, -0.2) is 8.78 Å². The lowest BCUT2D eigenvalue weighted by atomic mass is 10.0. The van der Waals surface area contributed by atoms with Crippen LogP contribution in [0.1, 0.15) is 21.5 Å². The highest BCUT2D eigenvalue weighted by Crippen LogP contribution is 2.44. The summed E-state index contributed by atoms with van der Waals surface area (Å²) in [7, 11) is 1.47. The molecule has 1 aromatic carbocycles. The molecule has 1 nitrogen and oxygen atoms in total. The molecule has 0 saturated carbocycles. The Morgan fingerprint density at radius 2 is 1.61 bits per heavy atom. The lowest BCUT2D eigenvalue weighted by molar-refractivity contribution is -0.127. The molecule has 1 aromatic rings. The fourth-order valence-corrected chi connectivity index (χ4v) is 2.25. The fraction of sp³-hybridized carbons (Fsp3) is 0.500. The molecule has 0 aliphatic carbocycles. The van der Waals surface area contributed by atoms with Gasteiger partial charge in [-0.15, -0.1) is 0 Å². The summed E-state index contributed by atoms with van der Waals surface area (Å²) < 4.78 is 56.2. The minimum Gasteiger partial charge on any atom is -0.496 e. The average molecular weight is 329 g/mol. The van der Waals surface area contributed by atoms with Crippen molar-refractivity contribution in [3.8, 4) is 5.75 Å².